The predicted molar refractivity (Wildman–Crippen MR) is 68.6 cm³/mol. The van der Waals surface area contributed by atoms with E-state index in [0.29, 0.717) is 12.0 Å². The first-order chi connectivity index (χ1) is 8.27. The van der Waals surface area contributed by atoms with Crippen LogP contribution in [0.4, 0.5) is 0 Å². The smallest absolute Gasteiger partial charge is 0.123 e. The fourth-order valence-electron chi connectivity index (χ4n) is 2.01. The standard InChI is InChI=1S/C14H21NO2/c1-11(2)15-7-8-16-9-12-10-17-14-6-4-3-5-13(12)14/h3-6,11-12,15H,7-10H2,1-2H3. The minimum absolute atomic E-state index is 0.394. The molecule has 0 radical (unpaired) electrons. The van der Waals surface area contributed by atoms with Gasteiger partial charge in [-0.2, -0.15) is 0 Å². The van der Waals surface area contributed by atoms with E-state index in [1.165, 1.54) is 5.56 Å². The molecule has 0 aromatic heterocycles. The molecule has 94 valence electrons. The topological polar surface area (TPSA) is 30.5 Å². The Morgan fingerprint density at radius 3 is 3.06 bits per heavy atom. The highest BCUT2D eigenvalue weighted by molar-refractivity contribution is 5.39. The van der Waals surface area contributed by atoms with Gasteiger partial charge in [-0.25, -0.2) is 0 Å². The molecule has 1 aliphatic heterocycles. The van der Waals surface area contributed by atoms with E-state index in [9.17, 15) is 0 Å². The molecule has 1 heterocycles. The van der Waals surface area contributed by atoms with Crippen molar-refractivity contribution in [1.29, 1.82) is 0 Å². The van der Waals surface area contributed by atoms with E-state index in [0.717, 1.165) is 32.1 Å². The minimum atomic E-state index is 0.394. The van der Waals surface area contributed by atoms with Gasteiger partial charge in [-0.1, -0.05) is 32.0 Å². The molecule has 3 nitrogen and oxygen atoms in total. The van der Waals surface area contributed by atoms with Crippen LogP contribution in [0.1, 0.15) is 25.3 Å². The minimum Gasteiger partial charge on any atom is -0.493 e. The van der Waals surface area contributed by atoms with Crippen LogP contribution < -0.4 is 10.1 Å². The number of rotatable bonds is 6. The SMILES string of the molecule is CC(C)NCCOCC1COc2ccccc21. The molecule has 0 aliphatic carbocycles. The van der Waals surface area contributed by atoms with Gasteiger partial charge in [0.15, 0.2) is 0 Å². The zero-order chi connectivity index (χ0) is 12.1. The molecule has 1 N–H and O–H groups in total. The fourth-order valence-corrected chi connectivity index (χ4v) is 2.01. The summed E-state index contributed by atoms with van der Waals surface area (Å²) in [6, 6.07) is 8.74. The van der Waals surface area contributed by atoms with Gasteiger partial charge in [0, 0.05) is 24.1 Å². The third kappa shape index (κ3) is 3.45. The predicted octanol–water partition coefficient (Wildman–Crippen LogP) is 2.18. The molecule has 1 atom stereocenters. The third-order valence-corrected chi connectivity index (χ3v) is 2.92. The summed E-state index contributed by atoms with van der Waals surface area (Å²) in [5, 5.41) is 3.33. The Hall–Kier alpha value is -1.06. The largest absolute Gasteiger partial charge is 0.493 e. The normalized spacial score (nSPS) is 18.2. The Kier molecular flexibility index (Phi) is 4.40. The molecule has 1 aromatic rings. The molecule has 3 heteroatoms. The van der Waals surface area contributed by atoms with E-state index in [1.54, 1.807) is 0 Å². The Bertz CT molecular complexity index is 352. The molecular weight excluding hydrogens is 214 g/mol. The van der Waals surface area contributed by atoms with Crippen LogP contribution >= 0.6 is 0 Å². The molecule has 0 saturated heterocycles. The first kappa shape index (κ1) is 12.4. The van der Waals surface area contributed by atoms with E-state index in [4.69, 9.17) is 9.47 Å². The van der Waals surface area contributed by atoms with Crippen LogP contribution in [0.3, 0.4) is 0 Å². The highest BCUT2D eigenvalue weighted by Gasteiger charge is 2.23. The lowest BCUT2D eigenvalue weighted by molar-refractivity contribution is 0.113. The van der Waals surface area contributed by atoms with Crippen LogP contribution in [0.2, 0.25) is 0 Å². The van der Waals surface area contributed by atoms with Crippen molar-refractivity contribution in [3.05, 3.63) is 29.8 Å². The summed E-state index contributed by atoms with van der Waals surface area (Å²) >= 11 is 0. The Morgan fingerprint density at radius 1 is 1.41 bits per heavy atom. The second-order valence-corrected chi connectivity index (χ2v) is 4.73. The number of benzene rings is 1. The summed E-state index contributed by atoms with van der Waals surface area (Å²) in [5.74, 6) is 1.41. The third-order valence-electron chi connectivity index (χ3n) is 2.92. The van der Waals surface area contributed by atoms with Gasteiger partial charge < -0.3 is 14.8 Å². The molecule has 1 aromatic carbocycles. The van der Waals surface area contributed by atoms with Crippen molar-refractivity contribution in [3.63, 3.8) is 0 Å². The van der Waals surface area contributed by atoms with Crippen LogP contribution in [-0.4, -0.2) is 32.4 Å². The maximum atomic E-state index is 5.68. The Balaban J connectivity index is 1.71. The van der Waals surface area contributed by atoms with E-state index in [-0.39, 0.29) is 0 Å². The van der Waals surface area contributed by atoms with Crippen LogP contribution in [-0.2, 0) is 4.74 Å². The van der Waals surface area contributed by atoms with Crippen molar-refractivity contribution in [3.8, 4) is 5.75 Å². The van der Waals surface area contributed by atoms with E-state index >= 15 is 0 Å². The lowest BCUT2D eigenvalue weighted by Crippen LogP contribution is -2.27. The molecule has 0 bridgehead atoms. The summed E-state index contributed by atoms with van der Waals surface area (Å²) < 4.78 is 11.3. The van der Waals surface area contributed by atoms with Gasteiger partial charge in [-0.15, -0.1) is 0 Å². The second-order valence-electron chi connectivity index (χ2n) is 4.73. The van der Waals surface area contributed by atoms with E-state index in [1.807, 2.05) is 12.1 Å². The number of para-hydroxylation sites is 1. The average Bonchev–Trinajstić information content (AvgIpc) is 2.72. The Labute approximate surface area is 103 Å². The molecule has 1 aliphatic rings. The van der Waals surface area contributed by atoms with Crippen LogP contribution in [0.5, 0.6) is 5.75 Å². The van der Waals surface area contributed by atoms with Crippen LogP contribution in [0.15, 0.2) is 24.3 Å². The quantitative estimate of drug-likeness (QED) is 0.767. The molecule has 0 fully saturated rings. The van der Waals surface area contributed by atoms with Crippen molar-refractivity contribution >= 4 is 0 Å². The summed E-state index contributed by atoms with van der Waals surface area (Å²) in [5.41, 5.74) is 1.28. The zero-order valence-corrected chi connectivity index (χ0v) is 10.6. The summed E-state index contributed by atoms with van der Waals surface area (Å²) in [6.45, 7) is 7.44. The molecule has 1 unspecified atom stereocenters. The van der Waals surface area contributed by atoms with Gasteiger partial charge in [0.1, 0.15) is 5.75 Å². The number of hydrogen-bond donors (Lipinski definition) is 1. The number of ether oxygens (including phenoxy) is 2. The molecular formula is C14H21NO2. The van der Waals surface area contributed by atoms with Crippen molar-refractivity contribution < 1.29 is 9.47 Å². The lowest BCUT2D eigenvalue weighted by atomic mass is 10.0. The van der Waals surface area contributed by atoms with Gasteiger partial charge in [0.05, 0.1) is 19.8 Å². The number of nitrogens with one attached hydrogen (secondary N) is 1. The first-order valence-electron chi connectivity index (χ1n) is 6.30. The van der Waals surface area contributed by atoms with Crippen molar-refractivity contribution in [2.75, 3.05) is 26.4 Å². The first-order valence-corrected chi connectivity index (χ1v) is 6.30. The van der Waals surface area contributed by atoms with E-state index in [2.05, 4.69) is 31.3 Å². The van der Waals surface area contributed by atoms with Gasteiger partial charge >= 0.3 is 0 Å². The van der Waals surface area contributed by atoms with Crippen LogP contribution in [0.25, 0.3) is 0 Å². The van der Waals surface area contributed by atoms with Crippen LogP contribution in [0, 0.1) is 0 Å². The molecule has 2 rings (SSSR count). The molecule has 17 heavy (non-hydrogen) atoms. The highest BCUT2D eigenvalue weighted by Crippen LogP contribution is 2.33. The van der Waals surface area contributed by atoms with Crippen molar-refractivity contribution in [1.82, 2.24) is 5.32 Å². The van der Waals surface area contributed by atoms with Gasteiger partial charge in [0.2, 0.25) is 0 Å². The number of hydrogen-bond acceptors (Lipinski definition) is 3. The van der Waals surface area contributed by atoms with Crippen molar-refractivity contribution in [2.24, 2.45) is 0 Å². The molecule has 0 saturated carbocycles. The Morgan fingerprint density at radius 2 is 2.24 bits per heavy atom. The summed E-state index contributed by atoms with van der Waals surface area (Å²) in [7, 11) is 0. The highest BCUT2D eigenvalue weighted by atomic mass is 16.5. The molecule has 0 spiro atoms. The van der Waals surface area contributed by atoms with Crippen molar-refractivity contribution in [2.45, 2.75) is 25.8 Å². The lowest BCUT2D eigenvalue weighted by Gasteiger charge is -2.11. The van der Waals surface area contributed by atoms with E-state index < -0.39 is 0 Å². The maximum Gasteiger partial charge on any atom is 0.123 e. The summed E-state index contributed by atoms with van der Waals surface area (Å²) in [4.78, 5) is 0. The average molecular weight is 235 g/mol. The fraction of sp³-hybridized carbons (Fsp3) is 0.571. The zero-order valence-electron chi connectivity index (χ0n) is 10.6. The number of fused-ring (bicyclic) bond motifs is 1. The maximum absolute atomic E-state index is 5.68. The summed E-state index contributed by atoms with van der Waals surface area (Å²) in [6.07, 6.45) is 0. The van der Waals surface area contributed by atoms with Gasteiger partial charge in [-0.05, 0) is 6.07 Å². The van der Waals surface area contributed by atoms with Gasteiger partial charge in [-0.3, -0.25) is 0 Å². The molecule has 0 amide bonds. The van der Waals surface area contributed by atoms with Gasteiger partial charge in [0.25, 0.3) is 0 Å². The second kappa shape index (κ2) is 6.03. The monoisotopic (exact) mass is 235 g/mol.